The van der Waals surface area contributed by atoms with Gasteiger partial charge in [-0.1, -0.05) is 11.6 Å². The summed E-state index contributed by atoms with van der Waals surface area (Å²) in [4.78, 5) is 7.89. The molecule has 0 saturated carbocycles. The van der Waals surface area contributed by atoms with Gasteiger partial charge >= 0.3 is 0 Å². The van der Waals surface area contributed by atoms with Gasteiger partial charge in [-0.15, -0.1) is 0 Å². The zero-order valence-electron chi connectivity index (χ0n) is 8.81. The zero-order valence-corrected chi connectivity index (χ0v) is 10.4. The number of hydrogen-bond acceptors (Lipinski definition) is 5. The first kappa shape index (κ1) is 11.2. The lowest BCUT2D eigenvalue weighted by atomic mass is 10.5. The molecule has 0 aliphatic rings. The summed E-state index contributed by atoms with van der Waals surface area (Å²) in [5.74, 6) is 0.290. The summed E-state index contributed by atoms with van der Waals surface area (Å²) in [5.41, 5.74) is 6.55. The van der Waals surface area contributed by atoms with Crippen molar-refractivity contribution in [3.8, 4) is 0 Å². The Kier molecular flexibility index (Phi) is 3.02. The molecule has 0 fully saturated rings. The van der Waals surface area contributed by atoms with Crippen LogP contribution in [0.4, 0.5) is 5.82 Å². The zero-order chi connectivity index (χ0) is 11.7. The molecule has 0 unspecified atom stereocenters. The van der Waals surface area contributed by atoms with E-state index in [4.69, 9.17) is 17.3 Å². The molecule has 2 rings (SSSR count). The second-order valence-corrected chi connectivity index (χ2v) is 4.61. The summed E-state index contributed by atoms with van der Waals surface area (Å²) in [5, 5.41) is 6.21. The molecule has 0 aliphatic heterocycles. The van der Waals surface area contributed by atoms with Crippen LogP contribution in [0.3, 0.4) is 0 Å². The highest BCUT2D eigenvalue weighted by molar-refractivity contribution is 7.99. The first-order chi connectivity index (χ1) is 7.58. The lowest BCUT2D eigenvalue weighted by Crippen LogP contribution is -1.96. The van der Waals surface area contributed by atoms with Crippen molar-refractivity contribution >= 4 is 29.2 Å². The van der Waals surface area contributed by atoms with Crippen LogP contribution in [0.2, 0.25) is 5.02 Å². The Bertz CT molecular complexity index is 525. The normalized spacial score (nSPS) is 10.7. The third-order valence-electron chi connectivity index (χ3n) is 1.94. The van der Waals surface area contributed by atoms with Gasteiger partial charge in [-0.3, -0.25) is 4.68 Å². The van der Waals surface area contributed by atoms with E-state index >= 15 is 0 Å². The van der Waals surface area contributed by atoms with Gasteiger partial charge in [0.1, 0.15) is 27.2 Å². The molecule has 16 heavy (non-hydrogen) atoms. The quantitative estimate of drug-likeness (QED) is 0.830. The molecule has 2 heterocycles. The standard InChI is InChI=1S/C9H10ClN5S/c1-5-3-6(15(2)14-5)16-9-7(10)8(11)12-4-13-9/h3-4H,1-2H3,(H2,11,12,13). The summed E-state index contributed by atoms with van der Waals surface area (Å²) in [6.07, 6.45) is 1.40. The van der Waals surface area contributed by atoms with Crippen molar-refractivity contribution < 1.29 is 0 Å². The molecule has 2 aromatic heterocycles. The molecule has 0 aromatic carbocycles. The van der Waals surface area contributed by atoms with Crippen LogP contribution < -0.4 is 5.73 Å². The molecule has 0 amide bonds. The van der Waals surface area contributed by atoms with Crippen molar-refractivity contribution in [1.29, 1.82) is 0 Å². The van der Waals surface area contributed by atoms with E-state index in [0.717, 1.165) is 10.7 Å². The van der Waals surface area contributed by atoms with Crippen molar-refractivity contribution in [2.24, 2.45) is 7.05 Å². The Labute approximate surface area is 102 Å². The van der Waals surface area contributed by atoms with Crippen LogP contribution in [-0.4, -0.2) is 19.7 Å². The van der Waals surface area contributed by atoms with Gasteiger partial charge in [0.05, 0.1) is 5.69 Å². The minimum atomic E-state index is 0.290. The predicted octanol–water partition coefficient (Wildman–Crippen LogP) is 1.91. The van der Waals surface area contributed by atoms with Gasteiger partial charge in [-0.2, -0.15) is 5.10 Å². The highest BCUT2D eigenvalue weighted by Crippen LogP contribution is 2.33. The molecule has 0 atom stereocenters. The van der Waals surface area contributed by atoms with Crippen molar-refractivity contribution in [2.75, 3.05) is 5.73 Å². The molecular formula is C9H10ClN5S. The summed E-state index contributed by atoms with van der Waals surface area (Å²) in [6.45, 7) is 1.93. The molecule has 2 N–H and O–H groups in total. The van der Waals surface area contributed by atoms with E-state index in [1.54, 1.807) is 4.68 Å². The highest BCUT2D eigenvalue weighted by Gasteiger charge is 2.11. The number of halogens is 1. The summed E-state index contributed by atoms with van der Waals surface area (Å²) in [7, 11) is 1.87. The van der Waals surface area contributed by atoms with Crippen molar-refractivity contribution in [3.05, 3.63) is 23.1 Å². The van der Waals surface area contributed by atoms with Gasteiger partial charge in [0.2, 0.25) is 0 Å². The van der Waals surface area contributed by atoms with Crippen LogP contribution in [0, 0.1) is 6.92 Å². The van der Waals surface area contributed by atoms with Crippen molar-refractivity contribution in [1.82, 2.24) is 19.7 Å². The molecule has 0 spiro atoms. The first-order valence-electron chi connectivity index (χ1n) is 4.52. The minimum absolute atomic E-state index is 0.290. The Balaban J connectivity index is 2.34. The number of nitrogens with zero attached hydrogens (tertiary/aromatic N) is 4. The average Bonchev–Trinajstić information content (AvgIpc) is 2.53. The molecule has 84 valence electrons. The molecule has 5 nitrogen and oxygen atoms in total. The maximum Gasteiger partial charge on any atom is 0.146 e. The molecule has 7 heteroatoms. The molecule has 2 aromatic rings. The lowest BCUT2D eigenvalue weighted by Gasteiger charge is -2.03. The lowest BCUT2D eigenvalue weighted by molar-refractivity contribution is 0.692. The third kappa shape index (κ3) is 2.12. The van der Waals surface area contributed by atoms with Gasteiger partial charge in [0.15, 0.2) is 0 Å². The second kappa shape index (κ2) is 4.31. The fraction of sp³-hybridized carbons (Fsp3) is 0.222. The van der Waals surface area contributed by atoms with Crippen LogP contribution in [0.5, 0.6) is 0 Å². The SMILES string of the molecule is Cc1cc(Sc2ncnc(N)c2Cl)n(C)n1. The maximum absolute atomic E-state index is 6.00. The van der Waals surface area contributed by atoms with Crippen LogP contribution in [0.15, 0.2) is 22.4 Å². The number of nitrogens with two attached hydrogens (primary N) is 1. The molecule has 0 aliphatic carbocycles. The van der Waals surface area contributed by atoms with Crippen LogP contribution in [0.1, 0.15) is 5.69 Å². The number of aromatic nitrogens is 4. The second-order valence-electron chi connectivity index (χ2n) is 3.23. The Morgan fingerprint density at radius 3 is 2.81 bits per heavy atom. The van der Waals surface area contributed by atoms with E-state index in [1.165, 1.54) is 18.1 Å². The smallest absolute Gasteiger partial charge is 0.146 e. The third-order valence-corrected chi connectivity index (χ3v) is 3.52. The molecule has 0 saturated heterocycles. The fourth-order valence-corrected chi connectivity index (χ4v) is 2.33. The van der Waals surface area contributed by atoms with Gasteiger partial charge < -0.3 is 5.73 Å². The van der Waals surface area contributed by atoms with E-state index in [1.807, 2.05) is 20.0 Å². The van der Waals surface area contributed by atoms with E-state index in [-0.39, 0.29) is 5.82 Å². The number of rotatable bonds is 2. The maximum atomic E-state index is 6.00. The van der Waals surface area contributed by atoms with Crippen LogP contribution in [-0.2, 0) is 7.05 Å². The fourth-order valence-electron chi connectivity index (χ4n) is 1.22. The number of aryl methyl sites for hydroxylation is 2. The highest BCUT2D eigenvalue weighted by atomic mass is 35.5. The topological polar surface area (TPSA) is 69.6 Å². The van der Waals surface area contributed by atoms with E-state index in [9.17, 15) is 0 Å². The Morgan fingerprint density at radius 2 is 2.19 bits per heavy atom. The Hall–Kier alpha value is -1.27. The van der Waals surface area contributed by atoms with Crippen LogP contribution in [0.25, 0.3) is 0 Å². The summed E-state index contributed by atoms with van der Waals surface area (Å²) < 4.78 is 1.77. The van der Waals surface area contributed by atoms with Gasteiger partial charge in [-0.05, 0) is 24.8 Å². The van der Waals surface area contributed by atoms with E-state index in [0.29, 0.717) is 10.0 Å². The number of anilines is 1. The van der Waals surface area contributed by atoms with Crippen molar-refractivity contribution in [2.45, 2.75) is 17.0 Å². The molecular weight excluding hydrogens is 246 g/mol. The van der Waals surface area contributed by atoms with Gasteiger partial charge in [0.25, 0.3) is 0 Å². The summed E-state index contributed by atoms with van der Waals surface area (Å²) in [6, 6.07) is 1.96. The first-order valence-corrected chi connectivity index (χ1v) is 5.72. The van der Waals surface area contributed by atoms with Crippen molar-refractivity contribution in [3.63, 3.8) is 0 Å². The predicted molar refractivity (Wildman–Crippen MR) is 63.5 cm³/mol. The van der Waals surface area contributed by atoms with Gasteiger partial charge in [0, 0.05) is 7.05 Å². The number of hydrogen-bond donors (Lipinski definition) is 1. The van der Waals surface area contributed by atoms with E-state index < -0.39 is 0 Å². The van der Waals surface area contributed by atoms with Crippen LogP contribution >= 0.6 is 23.4 Å². The minimum Gasteiger partial charge on any atom is -0.382 e. The molecule has 0 bridgehead atoms. The van der Waals surface area contributed by atoms with Gasteiger partial charge in [-0.25, -0.2) is 9.97 Å². The monoisotopic (exact) mass is 255 g/mol. The van der Waals surface area contributed by atoms with E-state index in [2.05, 4.69) is 15.1 Å². The average molecular weight is 256 g/mol. The number of nitrogen functional groups attached to an aromatic ring is 1. The molecule has 0 radical (unpaired) electrons. The summed E-state index contributed by atoms with van der Waals surface area (Å²) >= 11 is 7.42. The largest absolute Gasteiger partial charge is 0.382 e. The Morgan fingerprint density at radius 1 is 1.44 bits per heavy atom.